The predicted molar refractivity (Wildman–Crippen MR) is 133 cm³/mol. The van der Waals surface area contributed by atoms with Crippen molar-refractivity contribution >= 4 is 42.6 Å². The molecule has 1 aliphatic rings. The first-order chi connectivity index (χ1) is 17.3. The molecule has 13 heteroatoms. The van der Waals surface area contributed by atoms with E-state index < -0.39 is 59.6 Å². The molecule has 1 aliphatic heterocycles. The Bertz CT molecular complexity index is 1240. The zero-order valence-electron chi connectivity index (χ0n) is 22.0. The molecule has 37 heavy (non-hydrogen) atoms. The molecule has 0 unspecified atom stereocenters. The Morgan fingerprint density at radius 2 is 1.73 bits per heavy atom. The molecule has 0 amide bonds. The van der Waals surface area contributed by atoms with Crippen LogP contribution in [-0.4, -0.2) is 65.3 Å². The van der Waals surface area contributed by atoms with Gasteiger partial charge >= 0.3 is 17.9 Å². The zero-order chi connectivity index (χ0) is 27.7. The van der Waals surface area contributed by atoms with Crippen LogP contribution in [0.5, 0.6) is 0 Å². The summed E-state index contributed by atoms with van der Waals surface area (Å²) in [7, 11) is 1.76. The summed E-state index contributed by atoms with van der Waals surface area (Å²) in [6.45, 7) is 9.54. The Labute approximate surface area is 215 Å². The largest absolute Gasteiger partial charge is 0.463 e. The molecule has 3 heterocycles. The molecule has 0 saturated carbocycles. The van der Waals surface area contributed by atoms with Crippen molar-refractivity contribution in [2.75, 3.05) is 12.3 Å². The van der Waals surface area contributed by atoms with Crippen molar-refractivity contribution in [1.82, 2.24) is 14.6 Å². The molecular formula is C24H32BN5O7. The minimum Gasteiger partial charge on any atom is -0.463 e. The van der Waals surface area contributed by atoms with Gasteiger partial charge < -0.3 is 24.7 Å². The molecule has 1 saturated heterocycles. The van der Waals surface area contributed by atoms with Gasteiger partial charge in [0.15, 0.2) is 18.0 Å². The van der Waals surface area contributed by atoms with Crippen molar-refractivity contribution in [2.24, 2.45) is 17.8 Å². The predicted octanol–water partition coefficient (Wildman–Crippen LogP) is 0.0224. The van der Waals surface area contributed by atoms with Crippen LogP contribution in [0.3, 0.4) is 0 Å². The fourth-order valence-electron chi connectivity index (χ4n) is 3.95. The van der Waals surface area contributed by atoms with Crippen LogP contribution < -0.4 is 11.2 Å². The maximum atomic E-state index is 12.8. The average Bonchev–Trinajstić information content (AvgIpc) is 3.33. The number of nitrogens with zero attached hydrogens (tertiary/aromatic N) is 4. The molecule has 0 bridgehead atoms. The second kappa shape index (κ2) is 10.8. The van der Waals surface area contributed by atoms with Crippen molar-refractivity contribution in [3.8, 4) is 6.07 Å². The van der Waals surface area contributed by atoms with Gasteiger partial charge in [0.2, 0.25) is 5.60 Å². The van der Waals surface area contributed by atoms with E-state index in [2.05, 4.69) is 16.2 Å². The topological polar surface area (TPSA) is 168 Å². The number of aromatic nitrogens is 3. The fourth-order valence-corrected chi connectivity index (χ4v) is 3.95. The molecule has 0 radical (unpaired) electrons. The van der Waals surface area contributed by atoms with Gasteiger partial charge in [0.25, 0.3) is 0 Å². The molecule has 0 aliphatic carbocycles. The first-order valence-electron chi connectivity index (χ1n) is 12.1. The number of carbonyl (C=O) groups is 3. The number of carbonyl (C=O) groups excluding carboxylic acids is 3. The van der Waals surface area contributed by atoms with Gasteiger partial charge in [-0.25, -0.2) is 9.50 Å². The SMILES string of the molecule is Bc1cc([C@]2(C#N)O[C@H](COC(=O)C(C)C)[C@@H](OC(=O)C(C)C)[C@H]2OC(=O)C(C)C)n2ncnc(N)c12. The van der Waals surface area contributed by atoms with Crippen LogP contribution in [-0.2, 0) is 38.9 Å². The summed E-state index contributed by atoms with van der Waals surface area (Å²) < 4.78 is 24.6. The summed E-state index contributed by atoms with van der Waals surface area (Å²) in [4.78, 5) is 41.8. The Balaban J connectivity index is 2.20. The molecule has 2 N–H and O–H groups in total. The Hall–Kier alpha value is -3.66. The Kier molecular flexibility index (Phi) is 8.12. The van der Waals surface area contributed by atoms with Crippen LogP contribution >= 0.6 is 0 Å². The second-order valence-electron chi connectivity index (χ2n) is 9.98. The molecule has 0 aromatic carbocycles. The minimum atomic E-state index is -1.99. The van der Waals surface area contributed by atoms with E-state index in [0.717, 1.165) is 0 Å². The highest BCUT2D eigenvalue weighted by Crippen LogP contribution is 2.43. The number of nitriles is 1. The number of rotatable bonds is 8. The molecule has 2 aromatic rings. The zero-order valence-corrected chi connectivity index (χ0v) is 22.0. The normalized spacial score (nSPS) is 23.4. The third-order valence-corrected chi connectivity index (χ3v) is 6.02. The lowest BCUT2D eigenvalue weighted by Crippen LogP contribution is -2.47. The van der Waals surface area contributed by atoms with E-state index >= 15 is 0 Å². The molecule has 12 nitrogen and oxygen atoms in total. The molecule has 0 spiro atoms. The van der Waals surface area contributed by atoms with E-state index in [9.17, 15) is 19.6 Å². The van der Waals surface area contributed by atoms with Crippen LogP contribution in [0, 0.1) is 29.1 Å². The number of anilines is 1. The smallest absolute Gasteiger partial charge is 0.308 e. The summed E-state index contributed by atoms with van der Waals surface area (Å²) in [5, 5.41) is 14.8. The van der Waals surface area contributed by atoms with E-state index in [-0.39, 0.29) is 18.1 Å². The maximum Gasteiger partial charge on any atom is 0.308 e. The van der Waals surface area contributed by atoms with E-state index in [1.54, 1.807) is 55.5 Å². The van der Waals surface area contributed by atoms with Gasteiger partial charge in [0.1, 0.15) is 38.5 Å². The number of nitrogen functional groups attached to an aromatic ring is 1. The Morgan fingerprint density at radius 1 is 1.14 bits per heavy atom. The maximum absolute atomic E-state index is 12.8. The van der Waals surface area contributed by atoms with E-state index in [0.29, 0.717) is 11.0 Å². The molecule has 1 fully saturated rings. The lowest BCUT2D eigenvalue weighted by molar-refractivity contribution is -0.174. The van der Waals surface area contributed by atoms with Gasteiger partial charge in [-0.15, -0.1) is 0 Å². The van der Waals surface area contributed by atoms with Gasteiger partial charge in [0.05, 0.1) is 23.4 Å². The van der Waals surface area contributed by atoms with Gasteiger partial charge in [-0.1, -0.05) is 47.0 Å². The van der Waals surface area contributed by atoms with Gasteiger partial charge in [-0.2, -0.15) is 10.4 Å². The summed E-state index contributed by atoms with van der Waals surface area (Å²) >= 11 is 0. The van der Waals surface area contributed by atoms with Crippen LogP contribution in [0.1, 0.15) is 47.2 Å². The summed E-state index contributed by atoms with van der Waals surface area (Å²) in [5.41, 5.74) is 5.36. The van der Waals surface area contributed by atoms with Crippen LogP contribution in [0.4, 0.5) is 5.82 Å². The third-order valence-electron chi connectivity index (χ3n) is 6.02. The summed E-state index contributed by atoms with van der Waals surface area (Å²) in [6, 6.07) is 3.76. The number of hydrogen-bond donors (Lipinski definition) is 1. The highest BCUT2D eigenvalue weighted by molar-refractivity contribution is 6.37. The molecule has 198 valence electrons. The highest BCUT2D eigenvalue weighted by atomic mass is 16.7. The lowest BCUT2D eigenvalue weighted by Gasteiger charge is -2.29. The van der Waals surface area contributed by atoms with Crippen LogP contribution in [0.2, 0.25) is 0 Å². The van der Waals surface area contributed by atoms with E-state index in [4.69, 9.17) is 24.7 Å². The number of nitrogens with two attached hydrogens (primary N) is 1. The lowest BCUT2D eigenvalue weighted by atomic mass is 9.89. The van der Waals surface area contributed by atoms with E-state index in [1.807, 2.05) is 0 Å². The Morgan fingerprint density at radius 3 is 2.30 bits per heavy atom. The van der Waals surface area contributed by atoms with Crippen LogP contribution in [0.15, 0.2) is 12.4 Å². The van der Waals surface area contributed by atoms with Gasteiger partial charge in [-0.3, -0.25) is 14.4 Å². The van der Waals surface area contributed by atoms with Crippen molar-refractivity contribution in [3.05, 3.63) is 18.1 Å². The van der Waals surface area contributed by atoms with Crippen molar-refractivity contribution in [1.29, 1.82) is 5.26 Å². The fraction of sp³-hybridized carbons (Fsp3) is 0.583. The highest BCUT2D eigenvalue weighted by Gasteiger charge is 2.63. The summed E-state index contributed by atoms with van der Waals surface area (Å²) in [5.74, 6) is -3.08. The number of fused-ring (bicyclic) bond motifs is 1. The monoisotopic (exact) mass is 513 g/mol. The van der Waals surface area contributed by atoms with Crippen molar-refractivity contribution in [3.63, 3.8) is 0 Å². The van der Waals surface area contributed by atoms with Crippen LogP contribution in [0.25, 0.3) is 5.52 Å². The van der Waals surface area contributed by atoms with Crippen molar-refractivity contribution < 1.29 is 33.3 Å². The van der Waals surface area contributed by atoms with Gasteiger partial charge in [0, 0.05) is 0 Å². The number of esters is 3. The number of hydrogen-bond acceptors (Lipinski definition) is 11. The number of ether oxygens (including phenoxy) is 4. The van der Waals surface area contributed by atoms with E-state index in [1.165, 1.54) is 10.8 Å². The van der Waals surface area contributed by atoms with Gasteiger partial charge in [-0.05, 0) is 6.07 Å². The second-order valence-corrected chi connectivity index (χ2v) is 9.98. The standard InChI is InChI=1S/C24H32BN5O7/c1-11(2)21(31)34-8-15-18(35-22(32)12(3)4)19(36-23(33)13(5)6)24(9-26,37-15)16-7-14(25)17-20(27)28-10-29-30(16)17/h7,10-13,15,18-19H,8,25H2,1-6H3,(H2,27,28,29)/t15-,18-,19-,24+/m1/s1. The summed E-state index contributed by atoms with van der Waals surface area (Å²) in [6.07, 6.45) is -2.58. The first kappa shape index (κ1) is 27.9. The molecule has 3 rings (SSSR count). The van der Waals surface area contributed by atoms with Crippen molar-refractivity contribution in [2.45, 2.75) is 65.5 Å². The first-order valence-corrected chi connectivity index (χ1v) is 12.1. The molecular weight excluding hydrogens is 481 g/mol. The molecule has 2 aromatic heterocycles. The third kappa shape index (κ3) is 5.25. The minimum absolute atomic E-state index is 0.172. The average molecular weight is 513 g/mol. The quantitative estimate of drug-likeness (QED) is 0.287. The molecule has 4 atom stereocenters.